The van der Waals surface area contributed by atoms with E-state index >= 15 is 0 Å². The minimum Gasteiger partial charge on any atom is -0.481 e. The van der Waals surface area contributed by atoms with Gasteiger partial charge in [0.1, 0.15) is 0 Å². The number of hydrogen-bond acceptors (Lipinski definition) is 3. The molecule has 6 heteroatoms. The molecule has 3 aliphatic carbocycles. The molecular formula is C24H33N3O2S. The molecule has 3 N–H and O–H groups in total. The minimum absolute atomic E-state index is 0.239. The second kappa shape index (κ2) is 10.2. The third kappa shape index (κ3) is 5.69. The zero-order valence-corrected chi connectivity index (χ0v) is 18.7. The van der Waals surface area contributed by atoms with Gasteiger partial charge < -0.3 is 10.4 Å². The molecule has 4 rings (SSSR count). The summed E-state index contributed by atoms with van der Waals surface area (Å²) in [5.41, 5.74) is 4.31. The van der Waals surface area contributed by atoms with Crippen molar-refractivity contribution in [1.29, 1.82) is 0 Å². The third-order valence-electron chi connectivity index (χ3n) is 6.97. The van der Waals surface area contributed by atoms with E-state index in [1.807, 2.05) is 30.3 Å². The van der Waals surface area contributed by atoms with Gasteiger partial charge in [-0.15, -0.1) is 0 Å². The van der Waals surface area contributed by atoms with Gasteiger partial charge in [0.05, 0.1) is 0 Å². The van der Waals surface area contributed by atoms with Crippen molar-refractivity contribution < 1.29 is 9.90 Å². The van der Waals surface area contributed by atoms with Crippen LogP contribution in [0.5, 0.6) is 0 Å². The van der Waals surface area contributed by atoms with E-state index in [1.54, 1.807) is 0 Å². The van der Waals surface area contributed by atoms with Crippen molar-refractivity contribution in [2.75, 3.05) is 5.32 Å². The first kappa shape index (κ1) is 22.5. The number of hydrogen-bond donors (Lipinski definition) is 3. The van der Waals surface area contributed by atoms with Crippen LogP contribution in [0, 0.1) is 29.1 Å². The molecule has 0 amide bonds. The van der Waals surface area contributed by atoms with E-state index in [-0.39, 0.29) is 6.42 Å². The lowest BCUT2D eigenvalue weighted by Crippen LogP contribution is -2.56. The highest BCUT2D eigenvalue weighted by Gasteiger charge is 2.56. The number of nitrogens with zero attached hydrogens (tertiary/aromatic N) is 1. The van der Waals surface area contributed by atoms with Gasteiger partial charge in [-0.05, 0) is 85.5 Å². The molecule has 3 aliphatic rings. The van der Waals surface area contributed by atoms with Gasteiger partial charge >= 0.3 is 5.97 Å². The molecule has 0 aliphatic heterocycles. The van der Waals surface area contributed by atoms with Gasteiger partial charge in [-0.2, -0.15) is 5.10 Å². The predicted molar refractivity (Wildman–Crippen MR) is 127 cm³/mol. The van der Waals surface area contributed by atoms with Gasteiger partial charge in [0.2, 0.25) is 0 Å². The van der Waals surface area contributed by atoms with Crippen LogP contribution in [0.25, 0.3) is 0 Å². The Morgan fingerprint density at radius 1 is 1.27 bits per heavy atom. The van der Waals surface area contributed by atoms with Crippen LogP contribution in [0.15, 0.2) is 47.6 Å². The number of thiocarbonyl (C=S) groups is 1. The number of carboxylic acid groups (broad SMARTS) is 1. The first-order valence-corrected chi connectivity index (χ1v) is 11.3. The van der Waals surface area contributed by atoms with E-state index in [4.69, 9.17) is 17.3 Å². The summed E-state index contributed by atoms with van der Waals surface area (Å²) < 4.78 is 0. The summed E-state index contributed by atoms with van der Waals surface area (Å²) in [6.45, 7) is 4.81. The molecule has 1 aromatic carbocycles. The molecule has 0 heterocycles. The Balaban J connectivity index is 1.52. The van der Waals surface area contributed by atoms with Gasteiger partial charge in [-0.1, -0.05) is 44.2 Å². The Bertz CT molecular complexity index is 791. The molecule has 30 heavy (non-hydrogen) atoms. The van der Waals surface area contributed by atoms with E-state index in [1.165, 1.54) is 12.8 Å². The molecule has 3 fully saturated rings. The van der Waals surface area contributed by atoms with Crippen LogP contribution in [0.4, 0.5) is 5.69 Å². The topological polar surface area (TPSA) is 73.7 Å². The second-order valence-corrected chi connectivity index (χ2v) is 9.54. The molecule has 5 nitrogen and oxygen atoms in total. The molecule has 0 aromatic heterocycles. The van der Waals surface area contributed by atoms with Crippen LogP contribution in [-0.4, -0.2) is 22.4 Å². The Labute approximate surface area is 185 Å². The number of nitrogens with one attached hydrogen (secondary N) is 2. The number of aliphatic carboxylic acids is 1. The highest BCUT2D eigenvalue weighted by atomic mass is 32.1. The highest BCUT2D eigenvalue weighted by Crippen LogP contribution is 2.63. The van der Waals surface area contributed by atoms with Crippen LogP contribution in [0.2, 0.25) is 0 Å². The van der Waals surface area contributed by atoms with Crippen molar-refractivity contribution in [1.82, 2.24) is 5.43 Å². The zero-order valence-electron chi connectivity index (χ0n) is 17.9. The number of fused-ring (bicyclic) bond motifs is 2. The summed E-state index contributed by atoms with van der Waals surface area (Å²) in [5.74, 6) is 1.77. The molecule has 4 atom stereocenters. The molecule has 162 valence electrons. The number of anilines is 1. The smallest absolute Gasteiger partial charge is 0.303 e. The van der Waals surface area contributed by atoms with Crippen molar-refractivity contribution >= 4 is 35.2 Å². The van der Waals surface area contributed by atoms with Crippen LogP contribution < -0.4 is 10.7 Å². The molecule has 3 saturated carbocycles. The van der Waals surface area contributed by atoms with Gasteiger partial charge in [0, 0.05) is 18.3 Å². The van der Waals surface area contributed by atoms with Gasteiger partial charge in [-0.3, -0.25) is 10.2 Å². The maximum atomic E-state index is 10.6. The zero-order chi connectivity index (χ0) is 21.6. The van der Waals surface area contributed by atoms with E-state index in [0.717, 1.165) is 24.4 Å². The first-order chi connectivity index (χ1) is 14.4. The molecule has 1 aromatic rings. The minimum atomic E-state index is -0.721. The standard InChI is InChI=1S/C24H33N3O2S/c1-24(2)18-14-17(16-25-27-23(30)26-19-10-6-5-7-11-19)20(21(24)15-18)12-8-3-4-9-13-22(28)29/h3,5-8,10-11,16-18,20-21H,4,9,12-15H2,1-2H3,(H,28,29)(H2,26,27,30)/b8-3-,25-16?/t17-,18?,20-,21?/m0/s1. The number of hydrazone groups is 1. The number of benzene rings is 1. The fraction of sp³-hybridized carbons (Fsp3) is 0.542. The summed E-state index contributed by atoms with van der Waals surface area (Å²) in [6, 6.07) is 9.82. The Morgan fingerprint density at radius 3 is 2.73 bits per heavy atom. The van der Waals surface area contributed by atoms with Crippen molar-refractivity contribution in [3.8, 4) is 0 Å². The van der Waals surface area contributed by atoms with Crippen molar-refractivity contribution in [2.24, 2.45) is 34.2 Å². The number of carboxylic acids is 1. The first-order valence-electron chi connectivity index (χ1n) is 10.9. The quantitative estimate of drug-likeness (QED) is 0.160. The lowest BCUT2D eigenvalue weighted by Gasteiger charge is -2.62. The maximum absolute atomic E-state index is 10.6. The van der Waals surface area contributed by atoms with Gasteiger partial charge in [-0.25, -0.2) is 0 Å². The van der Waals surface area contributed by atoms with Crippen LogP contribution in [0.1, 0.15) is 52.4 Å². The summed E-state index contributed by atoms with van der Waals surface area (Å²) in [7, 11) is 0. The predicted octanol–water partition coefficient (Wildman–Crippen LogP) is 5.46. The fourth-order valence-electron chi connectivity index (χ4n) is 5.11. The average molecular weight is 428 g/mol. The summed E-state index contributed by atoms with van der Waals surface area (Å²) >= 11 is 5.34. The number of allylic oxidation sites excluding steroid dienone is 2. The monoisotopic (exact) mass is 427 g/mol. The van der Waals surface area contributed by atoms with Crippen LogP contribution >= 0.6 is 12.2 Å². The molecule has 0 saturated heterocycles. The molecule has 0 spiro atoms. The van der Waals surface area contributed by atoms with Crippen LogP contribution in [0.3, 0.4) is 0 Å². The molecule has 2 unspecified atom stereocenters. The van der Waals surface area contributed by atoms with Crippen molar-refractivity contribution in [2.45, 2.75) is 52.4 Å². The van der Waals surface area contributed by atoms with E-state index in [9.17, 15) is 4.79 Å². The van der Waals surface area contributed by atoms with E-state index in [0.29, 0.717) is 34.7 Å². The summed E-state index contributed by atoms with van der Waals surface area (Å²) in [5, 5.41) is 16.8. The lowest BCUT2D eigenvalue weighted by molar-refractivity contribution is -0.137. The van der Waals surface area contributed by atoms with Crippen LogP contribution in [-0.2, 0) is 4.79 Å². The number of rotatable bonds is 9. The molecule has 0 radical (unpaired) electrons. The SMILES string of the molecule is CC1(C)C2CC1[C@@H](C/C=C\CCCC(=O)O)[C@H](C=NNC(=S)Nc1ccccc1)C2. The Morgan fingerprint density at radius 2 is 2.03 bits per heavy atom. The average Bonchev–Trinajstić information content (AvgIpc) is 2.71. The normalized spacial score (nSPS) is 27.0. The van der Waals surface area contributed by atoms with E-state index in [2.05, 4.69) is 48.1 Å². The number of carbonyl (C=O) groups is 1. The Hall–Kier alpha value is -2.21. The Kier molecular flexibility index (Phi) is 7.64. The maximum Gasteiger partial charge on any atom is 0.303 e. The van der Waals surface area contributed by atoms with Gasteiger partial charge in [0.25, 0.3) is 0 Å². The largest absolute Gasteiger partial charge is 0.481 e. The second-order valence-electron chi connectivity index (χ2n) is 9.13. The fourth-order valence-corrected chi connectivity index (χ4v) is 5.28. The number of unbranched alkanes of at least 4 members (excludes halogenated alkanes) is 1. The van der Waals surface area contributed by atoms with Crippen molar-refractivity contribution in [3.63, 3.8) is 0 Å². The number of para-hydroxylation sites is 1. The summed E-state index contributed by atoms with van der Waals surface area (Å²) in [4.78, 5) is 10.6. The van der Waals surface area contributed by atoms with E-state index < -0.39 is 5.97 Å². The van der Waals surface area contributed by atoms with Gasteiger partial charge in [0.15, 0.2) is 5.11 Å². The molecular weight excluding hydrogens is 394 g/mol. The lowest BCUT2D eigenvalue weighted by atomic mass is 9.43. The van der Waals surface area contributed by atoms with Crippen molar-refractivity contribution in [3.05, 3.63) is 42.5 Å². The third-order valence-corrected chi connectivity index (χ3v) is 7.16. The highest BCUT2D eigenvalue weighted by molar-refractivity contribution is 7.80. The summed E-state index contributed by atoms with van der Waals surface area (Å²) in [6.07, 6.45) is 11.7. The molecule has 2 bridgehead atoms.